The summed E-state index contributed by atoms with van der Waals surface area (Å²) in [4.78, 5) is 0. The lowest BCUT2D eigenvalue weighted by atomic mass is 9.90. The van der Waals surface area contributed by atoms with E-state index >= 15 is 0 Å². The fourth-order valence-electron chi connectivity index (χ4n) is 2.08. The minimum Gasteiger partial charge on any atom is -0.313 e. The molecule has 0 aromatic heterocycles. The quantitative estimate of drug-likeness (QED) is 0.758. The van der Waals surface area contributed by atoms with Gasteiger partial charge in [0.1, 0.15) is 0 Å². The van der Waals surface area contributed by atoms with E-state index in [2.05, 4.69) is 11.4 Å². The van der Waals surface area contributed by atoms with E-state index in [1.54, 1.807) is 0 Å². The first-order chi connectivity index (χ1) is 7.85. The van der Waals surface area contributed by atoms with Gasteiger partial charge in [-0.1, -0.05) is 0 Å². The maximum absolute atomic E-state index is 11.4. The monoisotopic (exact) mass is 258 g/mol. The highest BCUT2D eigenvalue weighted by molar-refractivity contribution is 7.91. The van der Waals surface area contributed by atoms with Crippen LogP contribution < -0.4 is 5.32 Å². The third kappa shape index (κ3) is 5.51. The van der Waals surface area contributed by atoms with Gasteiger partial charge in [0.05, 0.1) is 23.0 Å². The number of nitriles is 1. The van der Waals surface area contributed by atoms with Crippen LogP contribution in [0.4, 0.5) is 0 Å². The van der Waals surface area contributed by atoms with E-state index in [0.29, 0.717) is 5.75 Å². The second kappa shape index (κ2) is 5.83. The molecule has 1 saturated heterocycles. The zero-order valence-electron chi connectivity index (χ0n) is 10.7. The summed E-state index contributed by atoms with van der Waals surface area (Å²) in [5.74, 6) is 0.612. The topological polar surface area (TPSA) is 70.0 Å². The summed E-state index contributed by atoms with van der Waals surface area (Å²) in [7, 11) is -2.82. The summed E-state index contributed by atoms with van der Waals surface area (Å²) in [6.07, 6.45) is 3.47. The summed E-state index contributed by atoms with van der Waals surface area (Å²) in [6, 6.07) is 2.38. The second-order valence-electron chi connectivity index (χ2n) is 5.51. The first kappa shape index (κ1) is 14.5. The molecule has 1 aliphatic heterocycles. The molecule has 0 aliphatic carbocycles. The minimum atomic E-state index is -2.82. The van der Waals surface area contributed by atoms with Crippen LogP contribution in [0.1, 0.15) is 39.5 Å². The number of hydrogen-bond donors (Lipinski definition) is 1. The molecule has 1 N–H and O–H groups in total. The van der Waals surface area contributed by atoms with E-state index in [0.717, 1.165) is 32.2 Å². The predicted molar refractivity (Wildman–Crippen MR) is 68.3 cm³/mol. The fraction of sp³-hybridized carbons (Fsp3) is 0.917. The molecule has 0 bridgehead atoms. The Hall–Kier alpha value is -0.600. The van der Waals surface area contributed by atoms with E-state index in [9.17, 15) is 8.42 Å². The van der Waals surface area contributed by atoms with Crippen LogP contribution in [0.3, 0.4) is 0 Å². The first-order valence-corrected chi connectivity index (χ1v) is 8.02. The van der Waals surface area contributed by atoms with Gasteiger partial charge in [-0.3, -0.25) is 0 Å². The van der Waals surface area contributed by atoms with Crippen LogP contribution in [0.5, 0.6) is 0 Å². The van der Waals surface area contributed by atoms with Crippen LogP contribution in [0.25, 0.3) is 0 Å². The molecule has 1 atom stereocenters. The highest BCUT2D eigenvalue weighted by atomic mass is 32.2. The lowest BCUT2D eigenvalue weighted by molar-refractivity contribution is 0.407. The zero-order chi connectivity index (χ0) is 12.9. The van der Waals surface area contributed by atoms with Crippen LogP contribution in [0, 0.1) is 16.7 Å². The van der Waals surface area contributed by atoms with Gasteiger partial charge in [0.15, 0.2) is 9.84 Å². The number of nitrogens with one attached hydrogen (secondary N) is 1. The largest absolute Gasteiger partial charge is 0.313 e. The van der Waals surface area contributed by atoms with Gasteiger partial charge in [-0.05, 0) is 46.1 Å². The maximum Gasteiger partial charge on any atom is 0.151 e. The van der Waals surface area contributed by atoms with Crippen molar-refractivity contribution < 1.29 is 8.42 Å². The van der Waals surface area contributed by atoms with Crippen molar-refractivity contribution in [3.05, 3.63) is 0 Å². The smallest absolute Gasteiger partial charge is 0.151 e. The Labute approximate surface area is 104 Å². The standard InChI is InChI=1S/C12H22N2O2S/c1-12(2,10-13)6-4-7-14-11-5-3-8-17(15,16)9-11/h11,14H,3-9H2,1-2H3. The second-order valence-corrected chi connectivity index (χ2v) is 7.74. The molecule has 0 spiro atoms. The van der Waals surface area contributed by atoms with Gasteiger partial charge in [-0.2, -0.15) is 5.26 Å². The Morgan fingerprint density at radius 3 is 2.76 bits per heavy atom. The molecule has 0 saturated carbocycles. The van der Waals surface area contributed by atoms with Crippen molar-refractivity contribution in [2.24, 2.45) is 5.41 Å². The Bertz CT molecular complexity index is 382. The highest BCUT2D eigenvalue weighted by Crippen LogP contribution is 2.20. The van der Waals surface area contributed by atoms with Crippen LogP contribution >= 0.6 is 0 Å². The SMILES string of the molecule is CC(C)(C#N)CCCNC1CCCS(=O)(=O)C1. The fourth-order valence-corrected chi connectivity index (χ4v) is 3.75. The highest BCUT2D eigenvalue weighted by Gasteiger charge is 2.24. The van der Waals surface area contributed by atoms with E-state index in [1.165, 1.54) is 0 Å². The van der Waals surface area contributed by atoms with Gasteiger partial charge in [0.2, 0.25) is 0 Å². The van der Waals surface area contributed by atoms with Crippen molar-refractivity contribution in [3.8, 4) is 6.07 Å². The first-order valence-electron chi connectivity index (χ1n) is 6.20. The predicted octanol–water partition coefficient (Wildman–Crippen LogP) is 1.48. The summed E-state index contributed by atoms with van der Waals surface area (Å²) in [5.41, 5.74) is -0.277. The third-order valence-corrected chi connectivity index (χ3v) is 5.00. The molecule has 1 fully saturated rings. The van der Waals surface area contributed by atoms with Crippen LogP contribution in [0.15, 0.2) is 0 Å². The van der Waals surface area contributed by atoms with Crippen molar-refractivity contribution in [1.82, 2.24) is 5.32 Å². The summed E-state index contributed by atoms with van der Waals surface area (Å²) < 4.78 is 22.8. The molecule has 5 heteroatoms. The summed E-state index contributed by atoms with van der Waals surface area (Å²) in [5, 5.41) is 12.1. The molecule has 0 aromatic rings. The van der Waals surface area contributed by atoms with Gasteiger partial charge >= 0.3 is 0 Å². The summed E-state index contributed by atoms with van der Waals surface area (Å²) >= 11 is 0. The van der Waals surface area contributed by atoms with Gasteiger partial charge in [-0.25, -0.2) is 8.42 Å². The summed E-state index contributed by atoms with van der Waals surface area (Å²) in [6.45, 7) is 4.65. The normalized spacial score (nSPS) is 24.2. The Balaban J connectivity index is 2.22. The molecule has 0 aromatic carbocycles. The van der Waals surface area contributed by atoms with E-state index in [4.69, 9.17) is 5.26 Å². The van der Waals surface area contributed by atoms with Gasteiger partial charge < -0.3 is 5.32 Å². The van der Waals surface area contributed by atoms with Crippen molar-refractivity contribution in [2.45, 2.75) is 45.6 Å². The number of hydrogen-bond acceptors (Lipinski definition) is 4. The zero-order valence-corrected chi connectivity index (χ0v) is 11.5. The van der Waals surface area contributed by atoms with E-state index < -0.39 is 9.84 Å². The molecule has 4 nitrogen and oxygen atoms in total. The molecule has 1 rings (SSSR count). The third-order valence-electron chi connectivity index (χ3n) is 3.18. The minimum absolute atomic E-state index is 0.110. The maximum atomic E-state index is 11.4. The van der Waals surface area contributed by atoms with Crippen molar-refractivity contribution in [3.63, 3.8) is 0 Å². The molecule has 0 radical (unpaired) electrons. The van der Waals surface area contributed by atoms with Crippen LogP contribution in [0.2, 0.25) is 0 Å². The average molecular weight is 258 g/mol. The van der Waals surface area contributed by atoms with Crippen molar-refractivity contribution in [1.29, 1.82) is 5.26 Å². The van der Waals surface area contributed by atoms with Gasteiger partial charge in [-0.15, -0.1) is 0 Å². The molecular weight excluding hydrogens is 236 g/mol. The van der Waals surface area contributed by atoms with Crippen LogP contribution in [-0.4, -0.2) is 32.5 Å². The molecule has 1 aliphatic rings. The molecular formula is C12H22N2O2S. The Morgan fingerprint density at radius 2 is 2.18 bits per heavy atom. The molecule has 0 amide bonds. The Kier molecular flexibility index (Phi) is 4.96. The number of rotatable bonds is 5. The van der Waals surface area contributed by atoms with Crippen molar-refractivity contribution in [2.75, 3.05) is 18.1 Å². The van der Waals surface area contributed by atoms with Gasteiger partial charge in [0.25, 0.3) is 0 Å². The Morgan fingerprint density at radius 1 is 1.47 bits per heavy atom. The number of nitrogens with zero attached hydrogens (tertiary/aromatic N) is 1. The molecule has 17 heavy (non-hydrogen) atoms. The lowest BCUT2D eigenvalue weighted by Gasteiger charge is -2.23. The average Bonchev–Trinajstić information content (AvgIpc) is 2.23. The van der Waals surface area contributed by atoms with Crippen LogP contribution in [-0.2, 0) is 9.84 Å². The lowest BCUT2D eigenvalue weighted by Crippen LogP contribution is -2.40. The van der Waals surface area contributed by atoms with Crippen molar-refractivity contribution >= 4 is 9.84 Å². The molecule has 1 unspecified atom stereocenters. The molecule has 1 heterocycles. The van der Waals surface area contributed by atoms with E-state index in [-0.39, 0.29) is 17.2 Å². The van der Waals surface area contributed by atoms with E-state index in [1.807, 2.05) is 13.8 Å². The number of sulfone groups is 1. The van der Waals surface area contributed by atoms with Gasteiger partial charge in [0, 0.05) is 6.04 Å². The molecule has 98 valence electrons.